The van der Waals surface area contributed by atoms with Crippen molar-refractivity contribution in [3.63, 3.8) is 0 Å². The van der Waals surface area contributed by atoms with Crippen LogP contribution in [0.15, 0.2) is 103 Å². The van der Waals surface area contributed by atoms with E-state index in [9.17, 15) is 0 Å². The molecule has 0 spiro atoms. The number of rotatable bonds is 15. The molecular formula is C48H67BrN16Sn. The van der Waals surface area contributed by atoms with Gasteiger partial charge in [0.25, 0.3) is 0 Å². The summed E-state index contributed by atoms with van der Waals surface area (Å²) in [6.07, 6.45) is 18.6. The molecule has 66 heavy (non-hydrogen) atoms. The summed E-state index contributed by atoms with van der Waals surface area (Å²) in [5.41, 5.74) is 29.1. The Kier molecular flexibility index (Phi) is 19.2. The van der Waals surface area contributed by atoms with Gasteiger partial charge in [0, 0.05) is 80.0 Å². The summed E-state index contributed by atoms with van der Waals surface area (Å²) in [6, 6.07) is 20.9. The number of anilines is 8. The number of nitrogens with zero attached hydrogens (tertiary/aromatic N) is 12. The average Bonchev–Trinajstić information content (AvgIpc) is 3.35. The zero-order chi connectivity index (χ0) is 46.7. The number of nitrogen functional groups attached to an aromatic ring is 4. The molecule has 0 saturated carbocycles. The third-order valence-corrected chi connectivity index (χ3v) is 27.9. The van der Waals surface area contributed by atoms with E-state index in [0.717, 1.165) is 79.5 Å². The molecule has 8 rings (SSSR count). The van der Waals surface area contributed by atoms with Crippen molar-refractivity contribution in [2.24, 2.45) is 0 Å². The first-order valence-electron chi connectivity index (χ1n) is 23.3. The molecule has 0 radical (unpaired) electrons. The first-order chi connectivity index (χ1) is 32.1. The molecular weight excluding hydrogens is 999 g/mol. The Labute approximate surface area is 403 Å². The van der Waals surface area contributed by atoms with Crippen LogP contribution < -0.4 is 46.2 Å². The van der Waals surface area contributed by atoms with Gasteiger partial charge in [0.15, 0.2) is 11.6 Å². The van der Waals surface area contributed by atoms with Crippen LogP contribution in [0.2, 0.25) is 13.3 Å². The van der Waals surface area contributed by atoms with Crippen LogP contribution in [0, 0.1) is 0 Å². The van der Waals surface area contributed by atoms with Crippen LogP contribution in [0.4, 0.5) is 46.3 Å². The molecule has 0 amide bonds. The van der Waals surface area contributed by atoms with E-state index in [1.807, 2.05) is 18.3 Å². The number of piperazine rings is 2. The maximum atomic E-state index is 5.98. The molecule has 2 aliphatic rings. The Morgan fingerprint density at radius 3 is 1.45 bits per heavy atom. The fourth-order valence-electron chi connectivity index (χ4n) is 8.61. The van der Waals surface area contributed by atoms with Gasteiger partial charge in [0.05, 0.1) is 29.5 Å². The molecule has 350 valence electrons. The van der Waals surface area contributed by atoms with Crippen molar-refractivity contribution in [2.45, 2.75) is 72.6 Å². The van der Waals surface area contributed by atoms with Gasteiger partial charge in [0.2, 0.25) is 11.9 Å². The maximum Gasteiger partial charge on any atom is 0.222 e. The van der Waals surface area contributed by atoms with Crippen LogP contribution >= 0.6 is 15.9 Å². The maximum absolute atomic E-state index is 5.98. The second-order valence-electron chi connectivity index (χ2n) is 16.8. The quantitative estimate of drug-likeness (QED) is 0.0725. The van der Waals surface area contributed by atoms with Crippen molar-refractivity contribution in [2.75, 3.05) is 94.9 Å². The van der Waals surface area contributed by atoms with Gasteiger partial charge in [0.1, 0.15) is 6.33 Å². The van der Waals surface area contributed by atoms with Gasteiger partial charge in [-0.25, -0.2) is 19.9 Å². The molecule has 2 fully saturated rings. The summed E-state index contributed by atoms with van der Waals surface area (Å²) in [5.74, 6) is 1.28. The van der Waals surface area contributed by atoms with E-state index in [1.165, 1.54) is 66.9 Å². The summed E-state index contributed by atoms with van der Waals surface area (Å²) in [4.78, 5) is 42.4. The number of hydrogen-bond acceptors (Lipinski definition) is 16. The van der Waals surface area contributed by atoms with Gasteiger partial charge in [-0.1, -0.05) is 34.1 Å². The minimum Gasteiger partial charge on any atom is -0.382 e. The largest absolute Gasteiger partial charge is 0.382 e. The summed E-state index contributed by atoms with van der Waals surface area (Å²) >= 11 is 1.26. The minimum absolute atomic E-state index is 0.200. The van der Waals surface area contributed by atoms with Crippen LogP contribution in [0.3, 0.4) is 0 Å². The fourth-order valence-corrected chi connectivity index (χ4v) is 24.3. The van der Waals surface area contributed by atoms with Gasteiger partial charge in [-0.05, 0) is 36.4 Å². The van der Waals surface area contributed by atoms with Crippen molar-refractivity contribution >= 4 is 84.3 Å². The molecule has 0 unspecified atom stereocenters. The summed E-state index contributed by atoms with van der Waals surface area (Å²) < 4.78 is 7.05. The smallest absolute Gasteiger partial charge is 0.222 e. The van der Waals surface area contributed by atoms with E-state index in [1.54, 1.807) is 31.2 Å². The van der Waals surface area contributed by atoms with Crippen LogP contribution in [-0.2, 0) is 0 Å². The molecule has 18 heteroatoms. The number of benzene rings is 2. The Morgan fingerprint density at radius 2 is 1.02 bits per heavy atom. The summed E-state index contributed by atoms with van der Waals surface area (Å²) in [6.45, 7) is 14.0. The van der Waals surface area contributed by atoms with Crippen molar-refractivity contribution < 1.29 is 0 Å². The molecule has 2 aliphatic heterocycles. The van der Waals surface area contributed by atoms with Gasteiger partial charge < -0.3 is 42.5 Å². The number of unbranched alkanes of at least 4 members (excludes halogenated alkanes) is 3. The first kappa shape index (κ1) is 49.9. The van der Waals surface area contributed by atoms with Crippen LogP contribution in [0.25, 0.3) is 11.3 Å². The fraction of sp³-hybridized carbons (Fsp3) is 0.417. The van der Waals surface area contributed by atoms with E-state index in [-0.39, 0.29) is 11.9 Å². The molecule has 8 N–H and O–H groups in total. The number of aromatic nitrogens is 8. The second kappa shape index (κ2) is 25.4. The number of hydrogen-bond donors (Lipinski definition) is 4. The van der Waals surface area contributed by atoms with Gasteiger partial charge in [-0.2, -0.15) is 9.97 Å². The third-order valence-electron chi connectivity index (χ3n) is 12.3. The number of nitrogens with two attached hydrogens (primary N) is 4. The van der Waals surface area contributed by atoms with Gasteiger partial charge in [-0.3, -0.25) is 0 Å². The SMILES string of the molecule is CCC[CH2][Sn]([CH2]CCC)([CH2]CCC)[c]1ccncn1.Nc1ncc(N2CCN(c3cccc(-c4ccncn4)c3)CC2)c(N)n1.Nc1ncc(N2CCN(c3cccc(Br)c3)CC2)c(N)n1. The van der Waals surface area contributed by atoms with Crippen LogP contribution in [0.1, 0.15) is 59.3 Å². The summed E-state index contributed by atoms with van der Waals surface area (Å²) in [5, 5.41) is 0. The normalized spacial score (nSPS) is 13.9. The Morgan fingerprint density at radius 1 is 0.545 bits per heavy atom. The minimum atomic E-state index is -2.25. The van der Waals surface area contributed by atoms with Crippen molar-refractivity contribution in [1.82, 2.24) is 39.9 Å². The predicted octanol–water partition coefficient (Wildman–Crippen LogP) is 7.69. The molecule has 0 bridgehead atoms. The van der Waals surface area contributed by atoms with E-state index < -0.39 is 18.4 Å². The molecule has 6 aromatic rings. The van der Waals surface area contributed by atoms with E-state index >= 15 is 0 Å². The topological polar surface area (TPSA) is 220 Å². The Hall–Kier alpha value is -5.56. The van der Waals surface area contributed by atoms with E-state index in [0.29, 0.717) is 11.6 Å². The van der Waals surface area contributed by atoms with Gasteiger partial charge in [-0.15, -0.1) is 0 Å². The van der Waals surface area contributed by atoms with Crippen LogP contribution in [-0.4, -0.2) is 111 Å². The van der Waals surface area contributed by atoms with E-state index in [2.05, 4.69) is 140 Å². The van der Waals surface area contributed by atoms with E-state index in [4.69, 9.17) is 27.9 Å². The standard InChI is InChI=1S/C18H20N8.C14H17BrN6.C4H3N2.3C4H9.Sn/c19-17-16(11-22-18(20)24-17)26-8-6-25(7-9-26)14-3-1-2-13(10-14)15-4-5-21-12-23-15;15-10-2-1-3-11(8-10)20-4-6-21(7-5-20)12-9-18-14(17)19-13(12)16;1-2-5-4-6-3-1;3*1-3-4-2;/h1-5,10-12H,6-9H2,(H4,19,20,22,24);1-3,8-9H,4-7H2,(H4,16,17,18,19);1-2,4H;3*1,3-4H2,2H3;. The van der Waals surface area contributed by atoms with Crippen molar-refractivity contribution in [3.05, 3.63) is 103 Å². The zero-order valence-electron chi connectivity index (χ0n) is 38.8. The first-order valence-corrected chi connectivity index (χ1v) is 31.5. The molecule has 2 aromatic carbocycles. The third kappa shape index (κ3) is 14.0. The molecule has 16 nitrogen and oxygen atoms in total. The second-order valence-corrected chi connectivity index (χ2v) is 30.7. The number of halogens is 1. The zero-order valence-corrected chi connectivity index (χ0v) is 43.3. The molecule has 0 atom stereocenters. The Bertz CT molecular complexity index is 2340. The monoisotopic (exact) mass is 1070 g/mol. The molecule has 6 heterocycles. The summed E-state index contributed by atoms with van der Waals surface area (Å²) in [7, 11) is 0. The Balaban J connectivity index is 0.000000166. The predicted molar refractivity (Wildman–Crippen MR) is 279 cm³/mol. The molecule has 2 saturated heterocycles. The van der Waals surface area contributed by atoms with Crippen molar-refractivity contribution in [1.29, 1.82) is 0 Å². The van der Waals surface area contributed by atoms with Gasteiger partial charge >= 0.3 is 123 Å². The average molecular weight is 1070 g/mol. The van der Waals surface area contributed by atoms with Crippen LogP contribution in [0.5, 0.6) is 0 Å². The molecule has 0 aliphatic carbocycles. The van der Waals surface area contributed by atoms with Crippen molar-refractivity contribution in [3.8, 4) is 11.3 Å². The molecule has 4 aromatic heterocycles.